The first kappa shape index (κ1) is 11.6. The molecule has 0 atom stereocenters. The summed E-state index contributed by atoms with van der Waals surface area (Å²) < 4.78 is 0.836. The summed E-state index contributed by atoms with van der Waals surface area (Å²) in [5.41, 5.74) is 0.689. The predicted octanol–water partition coefficient (Wildman–Crippen LogP) is 1.93. The largest absolute Gasteiger partial charge is 0.351 e. The van der Waals surface area contributed by atoms with Crippen molar-refractivity contribution in [2.24, 2.45) is 0 Å². The Bertz CT molecular complexity index is 377. The van der Waals surface area contributed by atoms with Gasteiger partial charge in [0, 0.05) is 23.6 Å². The van der Waals surface area contributed by atoms with Crippen molar-refractivity contribution in [2.45, 2.75) is 18.9 Å². The van der Waals surface area contributed by atoms with Crippen LogP contribution >= 0.6 is 15.9 Å². The van der Waals surface area contributed by atoms with Crippen molar-refractivity contribution >= 4 is 21.8 Å². The first-order valence-corrected chi connectivity index (χ1v) is 6.33. The van der Waals surface area contributed by atoms with Crippen molar-refractivity contribution in [1.29, 1.82) is 0 Å². The highest BCUT2D eigenvalue weighted by Gasteiger charge is 2.19. The van der Waals surface area contributed by atoms with Crippen LogP contribution in [0.15, 0.2) is 28.7 Å². The van der Waals surface area contributed by atoms with E-state index >= 15 is 0 Å². The molecule has 1 saturated carbocycles. The molecule has 3 nitrogen and oxygen atoms in total. The Balaban J connectivity index is 1.76. The fourth-order valence-corrected chi connectivity index (χ4v) is 1.95. The van der Waals surface area contributed by atoms with Crippen LogP contribution in [0.2, 0.25) is 0 Å². The summed E-state index contributed by atoms with van der Waals surface area (Å²) in [6, 6.07) is 8.14. The van der Waals surface area contributed by atoms with Gasteiger partial charge in [-0.2, -0.15) is 0 Å². The van der Waals surface area contributed by atoms with Crippen molar-refractivity contribution < 1.29 is 4.79 Å². The Morgan fingerprint density at radius 1 is 1.31 bits per heavy atom. The van der Waals surface area contributed by atoms with Crippen LogP contribution in [-0.4, -0.2) is 25.0 Å². The number of rotatable bonds is 5. The van der Waals surface area contributed by atoms with Gasteiger partial charge in [-0.15, -0.1) is 0 Å². The van der Waals surface area contributed by atoms with E-state index < -0.39 is 0 Å². The van der Waals surface area contributed by atoms with Crippen LogP contribution in [0.1, 0.15) is 23.2 Å². The highest BCUT2D eigenvalue weighted by Crippen LogP contribution is 2.18. The van der Waals surface area contributed by atoms with E-state index in [1.165, 1.54) is 12.8 Å². The second kappa shape index (κ2) is 5.46. The molecule has 0 radical (unpaired) electrons. The number of nitrogens with one attached hydrogen (secondary N) is 2. The molecule has 86 valence electrons. The third-order valence-corrected chi connectivity index (χ3v) is 3.23. The summed E-state index contributed by atoms with van der Waals surface area (Å²) in [5, 5.41) is 6.24. The lowest BCUT2D eigenvalue weighted by atomic mass is 10.2. The van der Waals surface area contributed by atoms with Crippen molar-refractivity contribution in [3.8, 4) is 0 Å². The van der Waals surface area contributed by atoms with Crippen LogP contribution < -0.4 is 10.6 Å². The van der Waals surface area contributed by atoms with E-state index in [9.17, 15) is 4.79 Å². The van der Waals surface area contributed by atoms with Gasteiger partial charge in [-0.1, -0.05) is 12.1 Å². The Labute approximate surface area is 104 Å². The molecule has 1 aliphatic rings. The molecule has 0 unspecified atom stereocenters. The van der Waals surface area contributed by atoms with E-state index in [1.54, 1.807) is 0 Å². The molecule has 16 heavy (non-hydrogen) atoms. The Kier molecular flexibility index (Phi) is 3.96. The van der Waals surface area contributed by atoms with E-state index in [2.05, 4.69) is 26.6 Å². The highest BCUT2D eigenvalue weighted by molar-refractivity contribution is 9.10. The molecule has 0 heterocycles. The van der Waals surface area contributed by atoms with Gasteiger partial charge in [0.1, 0.15) is 0 Å². The number of carbonyl (C=O) groups is 1. The zero-order chi connectivity index (χ0) is 11.4. The second-order valence-electron chi connectivity index (χ2n) is 3.96. The average Bonchev–Trinajstić information content (AvgIpc) is 3.08. The predicted molar refractivity (Wildman–Crippen MR) is 67.5 cm³/mol. The molecule has 4 heteroatoms. The third kappa shape index (κ3) is 3.32. The van der Waals surface area contributed by atoms with E-state index in [0.717, 1.165) is 11.0 Å². The molecule has 1 fully saturated rings. The molecule has 2 N–H and O–H groups in total. The molecule has 0 spiro atoms. The molecule has 1 aromatic rings. The van der Waals surface area contributed by atoms with E-state index in [4.69, 9.17) is 0 Å². The van der Waals surface area contributed by atoms with Crippen LogP contribution in [0.3, 0.4) is 0 Å². The molecular weight excluding hydrogens is 268 g/mol. The van der Waals surface area contributed by atoms with Crippen LogP contribution in [-0.2, 0) is 0 Å². The Morgan fingerprint density at radius 3 is 2.75 bits per heavy atom. The van der Waals surface area contributed by atoms with Gasteiger partial charge in [-0.3, -0.25) is 4.79 Å². The molecule has 2 rings (SSSR count). The zero-order valence-electron chi connectivity index (χ0n) is 9.00. The van der Waals surface area contributed by atoms with Gasteiger partial charge in [0.05, 0.1) is 5.56 Å². The topological polar surface area (TPSA) is 41.1 Å². The van der Waals surface area contributed by atoms with Crippen molar-refractivity contribution in [2.75, 3.05) is 13.1 Å². The Hall–Kier alpha value is -0.870. The monoisotopic (exact) mass is 282 g/mol. The number of benzene rings is 1. The van der Waals surface area contributed by atoms with Crippen LogP contribution in [0, 0.1) is 0 Å². The number of halogens is 1. The quantitative estimate of drug-likeness (QED) is 0.811. The summed E-state index contributed by atoms with van der Waals surface area (Å²) in [7, 11) is 0. The SMILES string of the molecule is O=C(NCCNC1CC1)c1ccccc1Br. The molecule has 0 aliphatic heterocycles. The number of hydrogen-bond donors (Lipinski definition) is 2. The van der Waals surface area contributed by atoms with Crippen molar-refractivity contribution in [3.05, 3.63) is 34.3 Å². The van der Waals surface area contributed by atoms with Crippen LogP contribution in [0.4, 0.5) is 0 Å². The number of amides is 1. The minimum atomic E-state index is -0.0231. The molecular formula is C12H15BrN2O. The van der Waals surface area contributed by atoms with Gasteiger partial charge >= 0.3 is 0 Å². The third-order valence-electron chi connectivity index (χ3n) is 2.54. The maximum absolute atomic E-state index is 11.8. The molecule has 0 saturated heterocycles. The maximum Gasteiger partial charge on any atom is 0.252 e. The minimum Gasteiger partial charge on any atom is -0.351 e. The summed E-state index contributed by atoms with van der Waals surface area (Å²) in [6.07, 6.45) is 2.55. The van der Waals surface area contributed by atoms with E-state index in [1.807, 2.05) is 24.3 Å². The van der Waals surface area contributed by atoms with Crippen LogP contribution in [0.25, 0.3) is 0 Å². The lowest BCUT2D eigenvalue weighted by Crippen LogP contribution is -2.32. The van der Waals surface area contributed by atoms with Gasteiger partial charge < -0.3 is 10.6 Å². The van der Waals surface area contributed by atoms with Gasteiger partial charge in [0.15, 0.2) is 0 Å². The van der Waals surface area contributed by atoms with Gasteiger partial charge in [0.2, 0.25) is 0 Å². The first-order valence-electron chi connectivity index (χ1n) is 5.53. The molecule has 1 aromatic carbocycles. The van der Waals surface area contributed by atoms with Crippen LogP contribution in [0.5, 0.6) is 0 Å². The Morgan fingerprint density at radius 2 is 2.06 bits per heavy atom. The zero-order valence-corrected chi connectivity index (χ0v) is 10.6. The lowest BCUT2D eigenvalue weighted by molar-refractivity contribution is 0.0953. The summed E-state index contributed by atoms with van der Waals surface area (Å²) >= 11 is 3.36. The fourth-order valence-electron chi connectivity index (χ4n) is 1.48. The van der Waals surface area contributed by atoms with E-state index in [-0.39, 0.29) is 5.91 Å². The fraction of sp³-hybridized carbons (Fsp3) is 0.417. The average molecular weight is 283 g/mol. The van der Waals surface area contributed by atoms with Crippen molar-refractivity contribution in [1.82, 2.24) is 10.6 Å². The van der Waals surface area contributed by atoms with Crippen molar-refractivity contribution in [3.63, 3.8) is 0 Å². The smallest absolute Gasteiger partial charge is 0.252 e. The standard InChI is InChI=1S/C12H15BrN2O/c13-11-4-2-1-3-10(11)12(16)15-8-7-14-9-5-6-9/h1-4,9,14H,5-8H2,(H,15,16). The summed E-state index contributed by atoms with van der Waals surface area (Å²) in [5.74, 6) is -0.0231. The molecule has 0 aromatic heterocycles. The minimum absolute atomic E-state index is 0.0231. The first-order chi connectivity index (χ1) is 7.77. The van der Waals surface area contributed by atoms with E-state index in [0.29, 0.717) is 18.2 Å². The molecule has 1 amide bonds. The summed E-state index contributed by atoms with van der Waals surface area (Å²) in [6.45, 7) is 1.53. The van der Waals surface area contributed by atoms with Gasteiger partial charge in [-0.25, -0.2) is 0 Å². The number of hydrogen-bond acceptors (Lipinski definition) is 2. The summed E-state index contributed by atoms with van der Waals surface area (Å²) in [4.78, 5) is 11.8. The molecule has 0 bridgehead atoms. The highest BCUT2D eigenvalue weighted by atomic mass is 79.9. The second-order valence-corrected chi connectivity index (χ2v) is 4.82. The number of carbonyl (C=O) groups excluding carboxylic acids is 1. The lowest BCUT2D eigenvalue weighted by Gasteiger charge is -2.07. The maximum atomic E-state index is 11.8. The van der Waals surface area contributed by atoms with Gasteiger partial charge in [-0.05, 0) is 40.9 Å². The van der Waals surface area contributed by atoms with Gasteiger partial charge in [0.25, 0.3) is 5.91 Å². The molecule has 1 aliphatic carbocycles. The normalized spacial score (nSPS) is 14.8.